The Bertz CT molecular complexity index is 229. The van der Waals surface area contributed by atoms with Gasteiger partial charge in [0.05, 0.1) is 6.10 Å². The van der Waals surface area contributed by atoms with Crippen LogP contribution in [-0.2, 0) is 4.74 Å². The topological polar surface area (TPSA) is 24.5 Å². The van der Waals surface area contributed by atoms with Gasteiger partial charge in [-0.3, -0.25) is 0 Å². The quantitative estimate of drug-likeness (QED) is 0.787. The van der Waals surface area contributed by atoms with Crippen LogP contribution in [0.3, 0.4) is 0 Å². The normalized spacial score (nSPS) is 31.7. The van der Waals surface area contributed by atoms with E-state index in [1.807, 2.05) is 0 Å². The highest BCUT2D eigenvalue weighted by Gasteiger charge is 2.22. The number of nitrogens with zero attached hydrogens (tertiary/aromatic N) is 1. The Hall–Kier alpha value is -0.120. The van der Waals surface area contributed by atoms with Crippen LogP contribution in [0.2, 0.25) is 0 Å². The van der Waals surface area contributed by atoms with Crippen molar-refractivity contribution in [2.45, 2.75) is 58.1 Å². The standard InChI is InChI=1S/C15H30N2O/c1-3-14-6-4-9-17(12-14)10-8-16-13(2)15-7-5-11-18-15/h13-16H,3-12H2,1-2H3. The zero-order chi connectivity index (χ0) is 12.8. The average Bonchev–Trinajstić information content (AvgIpc) is 2.93. The fourth-order valence-corrected chi connectivity index (χ4v) is 3.27. The Kier molecular flexibility index (Phi) is 5.93. The Morgan fingerprint density at radius 3 is 2.94 bits per heavy atom. The minimum absolute atomic E-state index is 0.453. The summed E-state index contributed by atoms with van der Waals surface area (Å²) < 4.78 is 5.72. The molecule has 3 heteroatoms. The molecule has 3 nitrogen and oxygen atoms in total. The van der Waals surface area contributed by atoms with E-state index in [0.717, 1.165) is 19.1 Å². The molecule has 106 valence electrons. The summed E-state index contributed by atoms with van der Waals surface area (Å²) in [6, 6.07) is 0.513. The molecule has 2 aliphatic heterocycles. The Morgan fingerprint density at radius 1 is 1.33 bits per heavy atom. The maximum absolute atomic E-state index is 5.72. The Morgan fingerprint density at radius 2 is 2.22 bits per heavy atom. The number of nitrogens with one attached hydrogen (secondary N) is 1. The average molecular weight is 254 g/mol. The largest absolute Gasteiger partial charge is 0.377 e. The maximum Gasteiger partial charge on any atom is 0.0726 e. The van der Waals surface area contributed by atoms with E-state index in [9.17, 15) is 0 Å². The Balaban J connectivity index is 1.59. The molecule has 2 aliphatic rings. The van der Waals surface area contributed by atoms with Crippen LogP contribution in [0.15, 0.2) is 0 Å². The number of rotatable bonds is 6. The van der Waals surface area contributed by atoms with Crippen molar-refractivity contribution in [3.63, 3.8) is 0 Å². The van der Waals surface area contributed by atoms with Crippen LogP contribution in [0, 0.1) is 5.92 Å². The van der Waals surface area contributed by atoms with Crippen molar-refractivity contribution in [1.82, 2.24) is 10.2 Å². The summed E-state index contributed by atoms with van der Waals surface area (Å²) in [5.74, 6) is 0.939. The van der Waals surface area contributed by atoms with Crippen LogP contribution in [-0.4, -0.2) is 49.8 Å². The Labute approximate surface area is 112 Å². The second-order valence-corrected chi connectivity index (χ2v) is 6.01. The first-order valence-electron chi connectivity index (χ1n) is 7.87. The van der Waals surface area contributed by atoms with Crippen molar-refractivity contribution in [1.29, 1.82) is 0 Å². The molecular weight excluding hydrogens is 224 g/mol. The number of piperidine rings is 1. The van der Waals surface area contributed by atoms with E-state index in [1.54, 1.807) is 0 Å². The predicted octanol–water partition coefficient (Wildman–Crippen LogP) is 2.27. The lowest BCUT2D eigenvalue weighted by Gasteiger charge is -2.32. The molecule has 0 spiro atoms. The molecule has 0 aliphatic carbocycles. The van der Waals surface area contributed by atoms with E-state index in [0.29, 0.717) is 12.1 Å². The molecule has 3 unspecified atom stereocenters. The van der Waals surface area contributed by atoms with Crippen LogP contribution in [0.4, 0.5) is 0 Å². The lowest BCUT2D eigenvalue weighted by Crippen LogP contribution is -2.43. The second-order valence-electron chi connectivity index (χ2n) is 6.01. The summed E-state index contributed by atoms with van der Waals surface area (Å²) in [5, 5.41) is 3.64. The van der Waals surface area contributed by atoms with Crippen LogP contribution >= 0.6 is 0 Å². The molecule has 3 atom stereocenters. The van der Waals surface area contributed by atoms with E-state index in [4.69, 9.17) is 4.74 Å². The van der Waals surface area contributed by atoms with Gasteiger partial charge in [0.2, 0.25) is 0 Å². The fraction of sp³-hybridized carbons (Fsp3) is 1.00. The summed E-state index contributed by atoms with van der Waals surface area (Å²) >= 11 is 0. The minimum atomic E-state index is 0.453. The van der Waals surface area contributed by atoms with Crippen molar-refractivity contribution < 1.29 is 4.74 Å². The molecule has 2 rings (SSSR count). The molecule has 2 saturated heterocycles. The summed E-state index contributed by atoms with van der Waals surface area (Å²) in [4.78, 5) is 2.63. The molecular formula is C15H30N2O. The summed E-state index contributed by atoms with van der Waals surface area (Å²) in [5.41, 5.74) is 0. The van der Waals surface area contributed by atoms with Crippen molar-refractivity contribution in [3.8, 4) is 0 Å². The van der Waals surface area contributed by atoms with E-state index < -0.39 is 0 Å². The molecule has 0 bridgehead atoms. The van der Waals surface area contributed by atoms with E-state index in [1.165, 1.54) is 51.7 Å². The maximum atomic E-state index is 5.72. The van der Waals surface area contributed by atoms with E-state index >= 15 is 0 Å². The first-order chi connectivity index (χ1) is 8.79. The van der Waals surface area contributed by atoms with Gasteiger partial charge >= 0.3 is 0 Å². The van der Waals surface area contributed by atoms with Crippen molar-refractivity contribution >= 4 is 0 Å². The van der Waals surface area contributed by atoms with Gasteiger partial charge in [-0.05, 0) is 45.1 Å². The molecule has 0 aromatic carbocycles. The number of hydrogen-bond donors (Lipinski definition) is 1. The van der Waals surface area contributed by atoms with Gasteiger partial charge in [0.1, 0.15) is 0 Å². The zero-order valence-electron chi connectivity index (χ0n) is 12.2. The van der Waals surface area contributed by atoms with Gasteiger partial charge in [-0.2, -0.15) is 0 Å². The minimum Gasteiger partial charge on any atom is -0.377 e. The predicted molar refractivity (Wildman–Crippen MR) is 75.9 cm³/mol. The third-order valence-corrected chi connectivity index (χ3v) is 4.60. The van der Waals surface area contributed by atoms with E-state index in [-0.39, 0.29) is 0 Å². The van der Waals surface area contributed by atoms with Gasteiger partial charge < -0.3 is 15.0 Å². The second kappa shape index (κ2) is 7.46. The highest BCUT2D eigenvalue weighted by molar-refractivity contribution is 4.78. The van der Waals surface area contributed by atoms with Gasteiger partial charge in [-0.15, -0.1) is 0 Å². The van der Waals surface area contributed by atoms with Crippen LogP contribution in [0.1, 0.15) is 46.0 Å². The van der Waals surface area contributed by atoms with Crippen molar-refractivity contribution in [3.05, 3.63) is 0 Å². The van der Waals surface area contributed by atoms with Gasteiger partial charge in [-0.1, -0.05) is 13.3 Å². The zero-order valence-corrected chi connectivity index (χ0v) is 12.2. The molecule has 0 aromatic rings. The lowest BCUT2D eigenvalue weighted by molar-refractivity contribution is 0.0815. The fourth-order valence-electron chi connectivity index (χ4n) is 3.27. The molecule has 0 radical (unpaired) electrons. The third kappa shape index (κ3) is 4.22. The third-order valence-electron chi connectivity index (χ3n) is 4.60. The monoisotopic (exact) mass is 254 g/mol. The first-order valence-corrected chi connectivity index (χ1v) is 7.87. The van der Waals surface area contributed by atoms with Gasteiger partial charge in [-0.25, -0.2) is 0 Å². The molecule has 0 saturated carbocycles. The SMILES string of the molecule is CCC1CCCN(CCNC(C)C2CCCO2)C1. The van der Waals surface area contributed by atoms with Crippen LogP contribution in [0.5, 0.6) is 0 Å². The highest BCUT2D eigenvalue weighted by atomic mass is 16.5. The molecule has 2 fully saturated rings. The molecule has 18 heavy (non-hydrogen) atoms. The number of hydrogen-bond acceptors (Lipinski definition) is 3. The van der Waals surface area contributed by atoms with Gasteiger partial charge in [0.25, 0.3) is 0 Å². The van der Waals surface area contributed by atoms with E-state index in [2.05, 4.69) is 24.1 Å². The first kappa shape index (κ1) is 14.3. The molecule has 0 aromatic heterocycles. The molecule has 1 N–H and O–H groups in total. The number of likely N-dealkylation sites (tertiary alicyclic amines) is 1. The van der Waals surface area contributed by atoms with Crippen molar-refractivity contribution in [2.75, 3.05) is 32.8 Å². The highest BCUT2D eigenvalue weighted by Crippen LogP contribution is 2.19. The summed E-state index contributed by atoms with van der Waals surface area (Å²) in [6.45, 7) is 10.5. The number of ether oxygens (including phenoxy) is 1. The van der Waals surface area contributed by atoms with Crippen LogP contribution in [0.25, 0.3) is 0 Å². The summed E-state index contributed by atoms with van der Waals surface area (Å²) in [7, 11) is 0. The van der Waals surface area contributed by atoms with Crippen molar-refractivity contribution in [2.24, 2.45) is 5.92 Å². The van der Waals surface area contributed by atoms with Gasteiger partial charge in [0, 0.05) is 32.3 Å². The smallest absolute Gasteiger partial charge is 0.0726 e. The van der Waals surface area contributed by atoms with Gasteiger partial charge in [0.15, 0.2) is 0 Å². The molecule has 0 amide bonds. The van der Waals surface area contributed by atoms with Crippen LogP contribution < -0.4 is 5.32 Å². The summed E-state index contributed by atoms with van der Waals surface area (Å²) in [6.07, 6.45) is 7.09. The lowest BCUT2D eigenvalue weighted by atomic mass is 9.96. The molecule has 2 heterocycles.